The Kier molecular flexibility index (Phi) is 7.22. The lowest BCUT2D eigenvalue weighted by Crippen LogP contribution is -2.42. The molecule has 1 unspecified atom stereocenters. The summed E-state index contributed by atoms with van der Waals surface area (Å²) in [7, 11) is 0. The van der Waals surface area contributed by atoms with Crippen LogP contribution in [0, 0.1) is 0 Å². The van der Waals surface area contributed by atoms with E-state index in [4.69, 9.17) is 0 Å². The van der Waals surface area contributed by atoms with Crippen molar-refractivity contribution < 1.29 is 19.5 Å². The summed E-state index contributed by atoms with van der Waals surface area (Å²) in [5.74, 6) is -1.57. The topological polar surface area (TPSA) is 117 Å². The molecule has 9 nitrogen and oxygen atoms in total. The van der Waals surface area contributed by atoms with E-state index in [1.165, 1.54) is 0 Å². The van der Waals surface area contributed by atoms with Crippen molar-refractivity contribution in [3.63, 3.8) is 0 Å². The van der Waals surface area contributed by atoms with Gasteiger partial charge in [0, 0.05) is 49.8 Å². The quantitative estimate of drug-likeness (QED) is 0.450. The molecule has 0 saturated carbocycles. The smallest absolute Gasteiger partial charge is 0.305 e. The molecule has 2 amide bonds. The third kappa shape index (κ3) is 5.80. The highest BCUT2D eigenvalue weighted by Crippen LogP contribution is 2.26. The van der Waals surface area contributed by atoms with Crippen molar-refractivity contribution >= 4 is 23.5 Å². The van der Waals surface area contributed by atoms with Crippen molar-refractivity contribution in [3.8, 4) is 0 Å². The van der Waals surface area contributed by atoms with Gasteiger partial charge in [-0.05, 0) is 29.7 Å². The number of fused-ring (bicyclic) bond motifs is 1. The molecule has 0 aliphatic carbocycles. The van der Waals surface area contributed by atoms with Crippen LogP contribution in [0.5, 0.6) is 0 Å². The summed E-state index contributed by atoms with van der Waals surface area (Å²) in [5, 5.41) is 15.3. The number of carbonyl (C=O) groups excluding carboxylic acids is 2. The maximum Gasteiger partial charge on any atom is 0.305 e. The number of imidazole rings is 1. The van der Waals surface area contributed by atoms with Crippen LogP contribution in [0.2, 0.25) is 0 Å². The molecule has 0 bridgehead atoms. The van der Waals surface area contributed by atoms with Gasteiger partial charge in [-0.25, -0.2) is 4.98 Å². The van der Waals surface area contributed by atoms with Crippen molar-refractivity contribution in [2.75, 3.05) is 18.4 Å². The van der Waals surface area contributed by atoms with E-state index < -0.39 is 12.0 Å². The van der Waals surface area contributed by atoms with E-state index in [1.807, 2.05) is 47.2 Å². The molecule has 0 saturated heterocycles. The van der Waals surface area contributed by atoms with Crippen LogP contribution in [0.25, 0.3) is 0 Å². The number of nitrogens with zero attached hydrogens (tertiary/aromatic N) is 3. The number of aromatic nitrogens is 2. The van der Waals surface area contributed by atoms with E-state index in [0.29, 0.717) is 43.9 Å². The minimum absolute atomic E-state index is 0.240. The monoisotopic (exact) mass is 461 g/mol. The lowest BCUT2D eigenvalue weighted by atomic mass is 10.1. The molecule has 3 N–H and O–H groups in total. The molecule has 0 spiro atoms. The van der Waals surface area contributed by atoms with Crippen LogP contribution >= 0.6 is 0 Å². The van der Waals surface area contributed by atoms with E-state index in [9.17, 15) is 19.5 Å². The highest BCUT2D eigenvalue weighted by molar-refractivity contribution is 5.96. The normalized spacial score (nSPS) is 15.2. The molecule has 34 heavy (non-hydrogen) atoms. The van der Waals surface area contributed by atoms with Crippen LogP contribution in [0.15, 0.2) is 67.3 Å². The van der Waals surface area contributed by atoms with E-state index in [1.54, 1.807) is 29.6 Å². The Morgan fingerprint density at radius 2 is 1.97 bits per heavy atom. The summed E-state index contributed by atoms with van der Waals surface area (Å²) < 4.78 is 1.87. The van der Waals surface area contributed by atoms with Crippen molar-refractivity contribution in [1.82, 2.24) is 19.8 Å². The first-order valence-corrected chi connectivity index (χ1v) is 11.2. The third-order valence-electron chi connectivity index (χ3n) is 5.78. The predicted molar refractivity (Wildman–Crippen MR) is 126 cm³/mol. The van der Waals surface area contributed by atoms with Crippen molar-refractivity contribution in [2.45, 2.75) is 32.0 Å². The van der Waals surface area contributed by atoms with Crippen molar-refractivity contribution in [2.24, 2.45) is 0 Å². The molecule has 2 heterocycles. The average molecular weight is 462 g/mol. The molecule has 2 aromatic carbocycles. The minimum atomic E-state index is -1.06. The lowest BCUT2D eigenvalue weighted by molar-refractivity contribution is -0.141. The van der Waals surface area contributed by atoms with Gasteiger partial charge in [-0.3, -0.25) is 14.4 Å². The fourth-order valence-electron chi connectivity index (χ4n) is 3.97. The Hall–Kier alpha value is -4.14. The van der Waals surface area contributed by atoms with Crippen LogP contribution in [0.1, 0.15) is 27.9 Å². The van der Waals surface area contributed by atoms with E-state index in [0.717, 1.165) is 11.1 Å². The number of hydrogen-bond acceptors (Lipinski definition) is 5. The highest BCUT2D eigenvalue weighted by Gasteiger charge is 2.31. The Morgan fingerprint density at radius 1 is 1.15 bits per heavy atom. The Balaban J connectivity index is 1.48. The van der Waals surface area contributed by atoms with E-state index >= 15 is 0 Å². The van der Waals surface area contributed by atoms with Crippen LogP contribution in [-0.4, -0.2) is 56.5 Å². The predicted octanol–water partition coefficient (Wildman–Crippen LogP) is 2.15. The Bertz CT molecular complexity index is 1150. The number of aliphatic carboxylic acids is 1. The molecule has 1 aliphatic heterocycles. The summed E-state index contributed by atoms with van der Waals surface area (Å²) in [6.45, 7) is 1.84. The maximum atomic E-state index is 13.2. The van der Waals surface area contributed by atoms with Gasteiger partial charge in [0.2, 0.25) is 5.91 Å². The first-order chi connectivity index (χ1) is 16.5. The number of amides is 2. The molecule has 0 fully saturated rings. The lowest BCUT2D eigenvalue weighted by Gasteiger charge is -2.24. The highest BCUT2D eigenvalue weighted by atomic mass is 16.4. The number of carboxylic acids is 1. The largest absolute Gasteiger partial charge is 0.481 e. The van der Waals surface area contributed by atoms with Crippen LogP contribution in [0.3, 0.4) is 0 Å². The van der Waals surface area contributed by atoms with E-state index in [2.05, 4.69) is 15.6 Å². The van der Waals surface area contributed by atoms with Gasteiger partial charge < -0.3 is 25.2 Å². The second-order valence-corrected chi connectivity index (χ2v) is 8.22. The first kappa shape index (κ1) is 23.0. The Morgan fingerprint density at radius 3 is 2.71 bits per heavy atom. The number of nitrogens with one attached hydrogen (secondary N) is 2. The molecule has 1 aromatic heterocycles. The zero-order chi connectivity index (χ0) is 23.9. The van der Waals surface area contributed by atoms with Gasteiger partial charge in [0.25, 0.3) is 5.91 Å². The molecule has 1 atom stereocenters. The molecule has 176 valence electrons. The fourth-order valence-corrected chi connectivity index (χ4v) is 3.97. The Labute approximate surface area is 197 Å². The van der Waals surface area contributed by atoms with Crippen LogP contribution in [-0.2, 0) is 29.1 Å². The summed E-state index contributed by atoms with van der Waals surface area (Å²) in [6, 6.07) is 14.2. The summed E-state index contributed by atoms with van der Waals surface area (Å²) in [5.41, 5.74) is 2.98. The third-order valence-corrected chi connectivity index (χ3v) is 5.78. The van der Waals surface area contributed by atoms with Gasteiger partial charge in [0.05, 0.1) is 12.7 Å². The van der Waals surface area contributed by atoms with E-state index in [-0.39, 0.29) is 18.2 Å². The number of carboxylic acid groups (broad SMARTS) is 1. The maximum absolute atomic E-state index is 13.2. The molecular weight excluding hydrogens is 434 g/mol. The average Bonchev–Trinajstić information content (AvgIpc) is 3.31. The number of rotatable bonds is 9. The molecule has 0 radical (unpaired) electrons. The van der Waals surface area contributed by atoms with Gasteiger partial charge in [0.15, 0.2) is 0 Å². The molecule has 9 heteroatoms. The van der Waals surface area contributed by atoms with Crippen LogP contribution in [0.4, 0.5) is 5.69 Å². The zero-order valence-electron chi connectivity index (χ0n) is 18.7. The SMILES string of the molecule is O=C(O)CC1Nc2cc(C(=O)NCCn3ccnc3)ccc2CN(CCc2ccccc2)C1=O. The number of anilines is 1. The molecule has 4 rings (SSSR count). The number of hydrogen-bond donors (Lipinski definition) is 3. The molecule has 3 aromatic rings. The molecular formula is C25H27N5O4. The second kappa shape index (κ2) is 10.7. The molecule has 1 aliphatic rings. The summed E-state index contributed by atoms with van der Waals surface area (Å²) >= 11 is 0. The van der Waals surface area contributed by atoms with Crippen molar-refractivity contribution in [1.29, 1.82) is 0 Å². The summed E-state index contributed by atoms with van der Waals surface area (Å²) in [6.07, 6.45) is 5.50. The van der Waals surface area contributed by atoms with Gasteiger partial charge in [-0.15, -0.1) is 0 Å². The van der Waals surface area contributed by atoms with Gasteiger partial charge >= 0.3 is 5.97 Å². The zero-order valence-corrected chi connectivity index (χ0v) is 18.7. The number of carbonyl (C=O) groups is 3. The van der Waals surface area contributed by atoms with Gasteiger partial charge in [-0.1, -0.05) is 36.4 Å². The second-order valence-electron chi connectivity index (χ2n) is 8.22. The van der Waals surface area contributed by atoms with Gasteiger partial charge in [0.1, 0.15) is 6.04 Å². The van der Waals surface area contributed by atoms with Crippen molar-refractivity contribution in [3.05, 3.63) is 83.9 Å². The first-order valence-electron chi connectivity index (χ1n) is 11.2. The fraction of sp³-hybridized carbons (Fsp3) is 0.280. The summed E-state index contributed by atoms with van der Waals surface area (Å²) in [4.78, 5) is 42.9. The van der Waals surface area contributed by atoms with Crippen LogP contribution < -0.4 is 10.6 Å². The standard InChI is InChI=1S/C25H27N5O4/c31-23(32)15-22-25(34)30(11-8-18-4-2-1-3-5-18)16-20-7-6-19(14-21(20)28-22)24(33)27-10-13-29-12-9-26-17-29/h1-7,9,12,14,17,22,28H,8,10-11,13,15-16H2,(H,27,33)(H,31,32). The number of benzene rings is 2. The van der Waals surface area contributed by atoms with Gasteiger partial charge in [-0.2, -0.15) is 0 Å². The minimum Gasteiger partial charge on any atom is -0.481 e.